The molecule has 1 amide bonds. The average molecular weight is 345 g/mol. The minimum atomic E-state index is -0.134. The molecule has 0 spiro atoms. The first-order valence-corrected chi connectivity index (χ1v) is 8.81. The maximum Gasteiger partial charge on any atom is 0.255 e. The van der Waals surface area contributed by atoms with E-state index in [1.54, 1.807) is 0 Å². The summed E-state index contributed by atoms with van der Waals surface area (Å²) in [4.78, 5) is 12.5. The molecule has 1 N–H and O–H groups in total. The molecular formula is C23H23NO2. The Balaban J connectivity index is 1.67. The number of amides is 1. The van der Waals surface area contributed by atoms with Gasteiger partial charge < -0.3 is 10.1 Å². The van der Waals surface area contributed by atoms with Crippen molar-refractivity contribution in [3.8, 4) is 16.9 Å². The number of carbonyl (C=O) groups excluding carboxylic acids is 1. The van der Waals surface area contributed by atoms with Crippen LogP contribution in [0.3, 0.4) is 0 Å². The summed E-state index contributed by atoms with van der Waals surface area (Å²) in [7, 11) is 0. The van der Waals surface area contributed by atoms with Crippen molar-refractivity contribution in [1.82, 2.24) is 0 Å². The molecule has 0 atom stereocenters. The summed E-state index contributed by atoms with van der Waals surface area (Å²) < 4.78 is 5.71. The van der Waals surface area contributed by atoms with Crippen molar-refractivity contribution >= 4 is 11.6 Å². The Bertz CT molecular complexity index is 855. The van der Waals surface area contributed by atoms with Crippen molar-refractivity contribution < 1.29 is 9.53 Å². The van der Waals surface area contributed by atoms with Crippen LogP contribution in [0, 0.1) is 5.92 Å². The number of carbonyl (C=O) groups is 1. The molecule has 0 aliphatic heterocycles. The first-order chi connectivity index (χ1) is 12.6. The van der Waals surface area contributed by atoms with Crippen molar-refractivity contribution in [3.05, 3.63) is 84.4 Å². The number of nitrogens with one attached hydrogen (secondary N) is 1. The van der Waals surface area contributed by atoms with Crippen LogP contribution in [0.5, 0.6) is 5.75 Å². The second-order valence-corrected chi connectivity index (χ2v) is 6.63. The number of hydrogen-bond acceptors (Lipinski definition) is 2. The molecule has 3 rings (SSSR count). The van der Waals surface area contributed by atoms with Crippen LogP contribution in [0.4, 0.5) is 5.69 Å². The largest absolute Gasteiger partial charge is 0.493 e. The Morgan fingerprint density at radius 2 is 1.58 bits per heavy atom. The van der Waals surface area contributed by atoms with Gasteiger partial charge in [0.2, 0.25) is 0 Å². The van der Waals surface area contributed by atoms with E-state index in [-0.39, 0.29) is 5.91 Å². The molecule has 26 heavy (non-hydrogen) atoms. The molecule has 3 aromatic rings. The Morgan fingerprint density at radius 1 is 0.885 bits per heavy atom. The Hall–Kier alpha value is -3.07. The molecule has 0 unspecified atom stereocenters. The number of rotatable bonds is 6. The molecule has 3 aromatic carbocycles. The van der Waals surface area contributed by atoms with Gasteiger partial charge in [-0.2, -0.15) is 0 Å². The zero-order valence-corrected chi connectivity index (χ0v) is 15.1. The van der Waals surface area contributed by atoms with Gasteiger partial charge in [0.05, 0.1) is 6.61 Å². The van der Waals surface area contributed by atoms with Crippen LogP contribution in [-0.2, 0) is 0 Å². The van der Waals surface area contributed by atoms with Gasteiger partial charge in [-0.05, 0) is 41.3 Å². The molecule has 3 heteroatoms. The van der Waals surface area contributed by atoms with E-state index in [2.05, 4.69) is 31.3 Å². The summed E-state index contributed by atoms with van der Waals surface area (Å²) in [5, 5.41) is 2.93. The Labute approximate surface area is 154 Å². The van der Waals surface area contributed by atoms with Gasteiger partial charge in [-0.3, -0.25) is 4.79 Å². The van der Waals surface area contributed by atoms with Crippen LogP contribution >= 0.6 is 0 Å². The normalized spacial score (nSPS) is 10.6. The molecule has 0 saturated carbocycles. The fourth-order valence-electron chi connectivity index (χ4n) is 2.57. The Kier molecular flexibility index (Phi) is 5.69. The standard InChI is InChI=1S/C23H23NO2/c1-17(2)16-26-22-10-6-9-21(15-22)24-23(25)20-13-11-19(12-14-20)18-7-4-3-5-8-18/h3-15,17H,16H2,1-2H3,(H,24,25). The third-order valence-electron chi connectivity index (χ3n) is 3.93. The summed E-state index contributed by atoms with van der Waals surface area (Å²) in [6, 6.07) is 25.2. The molecule has 0 heterocycles. The van der Waals surface area contributed by atoms with E-state index in [0.29, 0.717) is 18.1 Å². The second-order valence-electron chi connectivity index (χ2n) is 6.63. The zero-order valence-electron chi connectivity index (χ0n) is 15.1. The first kappa shape index (κ1) is 17.7. The average Bonchev–Trinajstić information content (AvgIpc) is 2.67. The quantitative estimate of drug-likeness (QED) is 0.628. The third-order valence-corrected chi connectivity index (χ3v) is 3.93. The molecule has 0 saturated heterocycles. The van der Waals surface area contributed by atoms with Crippen LogP contribution in [0.25, 0.3) is 11.1 Å². The van der Waals surface area contributed by atoms with E-state index in [0.717, 1.165) is 22.6 Å². The molecule has 132 valence electrons. The molecule has 0 bridgehead atoms. The molecular weight excluding hydrogens is 322 g/mol. The van der Waals surface area contributed by atoms with Gasteiger partial charge in [0.15, 0.2) is 0 Å². The molecule has 0 aromatic heterocycles. The molecule has 0 aliphatic carbocycles. The van der Waals surface area contributed by atoms with Crippen molar-refractivity contribution in [3.63, 3.8) is 0 Å². The minimum absolute atomic E-state index is 0.134. The van der Waals surface area contributed by atoms with Crippen LogP contribution < -0.4 is 10.1 Å². The van der Waals surface area contributed by atoms with Gasteiger partial charge in [-0.1, -0.05) is 62.4 Å². The summed E-state index contributed by atoms with van der Waals surface area (Å²) in [6.07, 6.45) is 0. The highest BCUT2D eigenvalue weighted by Gasteiger charge is 2.07. The molecule has 0 aliphatic rings. The lowest BCUT2D eigenvalue weighted by molar-refractivity contribution is 0.102. The first-order valence-electron chi connectivity index (χ1n) is 8.81. The lowest BCUT2D eigenvalue weighted by Gasteiger charge is -2.11. The third kappa shape index (κ3) is 4.73. The SMILES string of the molecule is CC(C)COc1cccc(NC(=O)c2ccc(-c3ccccc3)cc2)c1. The van der Waals surface area contributed by atoms with Gasteiger partial charge >= 0.3 is 0 Å². The summed E-state index contributed by atoms with van der Waals surface area (Å²) in [5.74, 6) is 1.08. The van der Waals surface area contributed by atoms with Crippen LogP contribution in [-0.4, -0.2) is 12.5 Å². The minimum Gasteiger partial charge on any atom is -0.493 e. The van der Waals surface area contributed by atoms with Crippen LogP contribution in [0.2, 0.25) is 0 Å². The van der Waals surface area contributed by atoms with Crippen molar-refractivity contribution in [2.75, 3.05) is 11.9 Å². The lowest BCUT2D eigenvalue weighted by atomic mass is 10.0. The van der Waals surface area contributed by atoms with Crippen molar-refractivity contribution in [2.45, 2.75) is 13.8 Å². The summed E-state index contributed by atoms with van der Waals surface area (Å²) in [5.41, 5.74) is 3.57. The highest BCUT2D eigenvalue weighted by atomic mass is 16.5. The molecule has 3 nitrogen and oxygen atoms in total. The van der Waals surface area contributed by atoms with Crippen molar-refractivity contribution in [1.29, 1.82) is 0 Å². The monoisotopic (exact) mass is 345 g/mol. The summed E-state index contributed by atoms with van der Waals surface area (Å²) in [6.45, 7) is 4.85. The number of benzene rings is 3. The number of anilines is 1. The van der Waals surface area contributed by atoms with E-state index >= 15 is 0 Å². The highest BCUT2D eigenvalue weighted by Crippen LogP contribution is 2.21. The van der Waals surface area contributed by atoms with Crippen LogP contribution in [0.15, 0.2) is 78.9 Å². The van der Waals surface area contributed by atoms with E-state index in [4.69, 9.17) is 4.74 Å². The fourth-order valence-corrected chi connectivity index (χ4v) is 2.57. The Morgan fingerprint density at radius 3 is 2.27 bits per heavy atom. The zero-order chi connectivity index (χ0) is 18.4. The van der Waals surface area contributed by atoms with E-state index in [1.807, 2.05) is 66.7 Å². The number of ether oxygens (including phenoxy) is 1. The van der Waals surface area contributed by atoms with Gasteiger partial charge in [0.1, 0.15) is 5.75 Å². The maximum absolute atomic E-state index is 12.5. The van der Waals surface area contributed by atoms with Gasteiger partial charge in [-0.25, -0.2) is 0 Å². The van der Waals surface area contributed by atoms with E-state index in [1.165, 1.54) is 0 Å². The topological polar surface area (TPSA) is 38.3 Å². The van der Waals surface area contributed by atoms with E-state index in [9.17, 15) is 4.79 Å². The van der Waals surface area contributed by atoms with Gasteiger partial charge in [0.25, 0.3) is 5.91 Å². The smallest absolute Gasteiger partial charge is 0.255 e. The van der Waals surface area contributed by atoms with Gasteiger partial charge in [-0.15, -0.1) is 0 Å². The van der Waals surface area contributed by atoms with E-state index < -0.39 is 0 Å². The fraction of sp³-hybridized carbons (Fsp3) is 0.174. The second kappa shape index (κ2) is 8.34. The lowest BCUT2D eigenvalue weighted by Crippen LogP contribution is -2.12. The highest BCUT2D eigenvalue weighted by molar-refractivity contribution is 6.04. The van der Waals surface area contributed by atoms with Crippen molar-refractivity contribution in [2.24, 2.45) is 5.92 Å². The summed E-state index contributed by atoms with van der Waals surface area (Å²) >= 11 is 0. The number of hydrogen-bond donors (Lipinski definition) is 1. The van der Waals surface area contributed by atoms with Gasteiger partial charge in [0, 0.05) is 17.3 Å². The predicted molar refractivity (Wildman–Crippen MR) is 107 cm³/mol. The molecule has 0 fully saturated rings. The van der Waals surface area contributed by atoms with Crippen LogP contribution in [0.1, 0.15) is 24.2 Å². The maximum atomic E-state index is 12.5. The molecule has 0 radical (unpaired) electrons. The predicted octanol–water partition coefficient (Wildman–Crippen LogP) is 5.64.